The molecule has 0 amide bonds. The van der Waals surface area contributed by atoms with Crippen molar-refractivity contribution in [3.8, 4) is 0 Å². The molecule has 0 aromatic carbocycles. The Hall–Kier alpha value is -3.27. The molecule has 0 fully saturated rings. The molecule has 0 N–H and O–H groups in total. The number of carbonyl (C=O) groups is 3. The summed E-state index contributed by atoms with van der Waals surface area (Å²) in [5.74, 6) is -2.25. The summed E-state index contributed by atoms with van der Waals surface area (Å²) in [4.78, 5) is 37.7. The van der Waals surface area contributed by atoms with Crippen molar-refractivity contribution in [3.63, 3.8) is 0 Å². The number of aliphatic carboxylic acids is 1. The van der Waals surface area contributed by atoms with Crippen LogP contribution in [0.15, 0.2) is 72.9 Å². The molecule has 0 bridgehead atoms. The zero-order valence-corrected chi connectivity index (χ0v) is 70.6. The Morgan fingerprint density at radius 2 is 0.543 bits per heavy atom. The van der Waals surface area contributed by atoms with Gasteiger partial charge in [-0.3, -0.25) is 9.59 Å². The summed E-state index contributed by atoms with van der Waals surface area (Å²) in [5.41, 5.74) is 0. The molecular weight excluding hydrogens is 1300 g/mol. The first-order valence-corrected chi connectivity index (χ1v) is 46.1. The second-order valence-electron chi connectivity index (χ2n) is 32.6. The number of rotatable bonds is 87. The Kier molecular flexibility index (Phi) is 83.6. The zero-order chi connectivity index (χ0) is 76.0. The minimum absolute atomic E-state index is 0.150. The van der Waals surface area contributed by atoms with E-state index in [1.165, 1.54) is 360 Å². The van der Waals surface area contributed by atoms with Gasteiger partial charge in [-0.1, -0.05) is 459 Å². The lowest BCUT2D eigenvalue weighted by Crippen LogP contribution is -2.44. The lowest BCUT2D eigenvalue weighted by atomic mass is 10.0. The molecule has 105 heavy (non-hydrogen) atoms. The number of likely N-dealkylation sites (N-methyl/N-ethyl adjacent to an activating group) is 1. The van der Waals surface area contributed by atoms with Gasteiger partial charge in [-0.25, -0.2) is 0 Å². The Morgan fingerprint density at radius 3 is 0.810 bits per heavy atom. The standard InChI is InChI=1S/C96H177NO8/c1-6-8-10-12-14-16-18-20-22-24-26-28-30-32-34-36-38-40-42-44-46-47-49-51-53-55-57-59-61-63-65-67-69-71-73-75-77-79-81-83-85-87-94(99)105-92(91-104-96(95(100)101)102-89-88-97(3,4)5)90-103-93(98)86-84-82-80-78-76-74-72-70-68-66-64-62-60-58-56-54-52-50-48-45-43-41-39-37-35-33-31-29-27-25-23-21-19-17-15-13-11-9-7-2/h8,10,14,16,20,22,26,28,32,34,38,40,92,96H,6-7,9,11-13,15,17-19,21,23-25,27,29-31,33,35-37,39,41-91H2,1-5H3/b10-8-,16-14-,22-20-,28-26-,34-32-,40-38-. The molecule has 0 aliphatic heterocycles. The lowest BCUT2D eigenvalue weighted by Gasteiger charge is -2.26. The van der Waals surface area contributed by atoms with Gasteiger partial charge in [-0.05, 0) is 64.2 Å². The van der Waals surface area contributed by atoms with Crippen molar-refractivity contribution in [1.29, 1.82) is 0 Å². The number of quaternary nitrogens is 1. The highest BCUT2D eigenvalue weighted by Gasteiger charge is 2.22. The summed E-state index contributed by atoms with van der Waals surface area (Å²) in [6, 6.07) is 0. The number of hydrogen-bond acceptors (Lipinski definition) is 8. The molecule has 0 aliphatic carbocycles. The average molecular weight is 1470 g/mol. The highest BCUT2D eigenvalue weighted by molar-refractivity contribution is 5.70. The monoisotopic (exact) mass is 1470 g/mol. The van der Waals surface area contributed by atoms with Crippen molar-refractivity contribution in [2.75, 3.05) is 47.5 Å². The van der Waals surface area contributed by atoms with Crippen molar-refractivity contribution >= 4 is 17.9 Å². The van der Waals surface area contributed by atoms with Gasteiger partial charge in [0.05, 0.1) is 40.3 Å². The van der Waals surface area contributed by atoms with Crippen LogP contribution in [0.1, 0.15) is 463 Å². The predicted molar refractivity (Wildman–Crippen MR) is 454 cm³/mol. The average Bonchev–Trinajstić information content (AvgIpc) is 1.18. The van der Waals surface area contributed by atoms with E-state index in [4.69, 9.17) is 18.9 Å². The first-order valence-electron chi connectivity index (χ1n) is 46.1. The van der Waals surface area contributed by atoms with Gasteiger partial charge in [0.25, 0.3) is 0 Å². The van der Waals surface area contributed by atoms with Gasteiger partial charge in [0, 0.05) is 12.8 Å². The number of esters is 2. The van der Waals surface area contributed by atoms with E-state index in [0.29, 0.717) is 17.4 Å². The topological polar surface area (TPSA) is 111 Å². The number of nitrogens with zero attached hydrogens (tertiary/aromatic N) is 1. The molecule has 0 aromatic rings. The fourth-order valence-electron chi connectivity index (χ4n) is 14.0. The molecule has 0 aromatic heterocycles. The second kappa shape index (κ2) is 86.3. The van der Waals surface area contributed by atoms with Crippen LogP contribution in [-0.4, -0.2) is 82.3 Å². The van der Waals surface area contributed by atoms with Crippen LogP contribution in [0.3, 0.4) is 0 Å². The Balaban J connectivity index is 3.89. The lowest BCUT2D eigenvalue weighted by molar-refractivity contribution is -0.870. The van der Waals surface area contributed by atoms with Gasteiger partial charge in [-0.15, -0.1) is 0 Å². The third-order valence-corrected chi connectivity index (χ3v) is 21.0. The van der Waals surface area contributed by atoms with Gasteiger partial charge in [0.2, 0.25) is 0 Å². The van der Waals surface area contributed by atoms with E-state index in [2.05, 4.69) is 86.8 Å². The smallest absolute Gasteiger partial charge is 0.306 e. The number of carboxylic acids is 1. The summed E-state index contributed by atoms with van der Waals surface area (Å²) in [7, 11) is 5.96. The number of hydrogen-bond donors (Lipinski definition) is 0. The van der Waals surface area contributed by atoms with Crippen molar-refractivity contribution in [1.82, 2.24) is 0 Å². The number of allylic oxidation sites excluding steroid dienone is 12. The third kappa shape index (κ3) is 87.8. The first kappa shape index (κ1) is 102. The van der Waals surface area contributed by atoms with E-state index < -0.39 is 24.3 Å². The largest absolute Gasteiger partial charge is 0.545 e. The SMILES string of the molecule is CC/C=C\C/C=C\C/C=C\C/C=C\C/C=C\C/C=C\CCCCCCCCCCCCCCCCCCCCCCCCC(=O)OC(COC(=O)CCCCCCCCCCCCCCCCCCCCCCCCCCCCCCCCCCCCCCCCC)COC(OCC[N+](C)(C)C)C(=O)[O-]. The van der Waals surface area contributed by atoms with E-state index in [1.807, 2.05) is 21.1 Å². The van der Waals surface area contributed by atoms with Crippen molar-refractivity contribution in [2.24, 2.45) is 0 Å². The molecule has 2 atom stereocenters. The highest BCUT2D eigenvalue weighted by Crippen LogP contribution is 2.21. The van der Waals surface area contributed by atoms with Crippen LogP contribution < -0.4 is 5.11 Å². The molecule has 9 heteroatoms. The number of carbonyl (C=O) groups excluding carboxylic acids is 3. The molecule has 2 unspecified atom stereocenters. The fourth-order valence-corrected chi connectivity index (χ4v) is 14.0. The van der Waals surface area contributed by atoms with Gasteiger partial charge in [-0.2, -0.15) is 0 Å². The summed E-state index contributed by atoms with van der Waals surface area (Å²) in [5, 5.41) is 11.9. The van der Waals surface area contributed by atoms with Crippen LogP contribution >= 0.6 is 0 Å². The van der Waals surface area contributed by atoms with Gasteiger partial charge >= 0.3 is 11.9 Å². The van der Waals surface area contributed by atoms with Crippen LogP contribution in [0.2, 0.25) is 0 Å². The Bertz CT molecular complexity index is 1970. The van der Waals surface area contributed by atoms with Gasteiger partial charge in [0.1, 0.15) is 13.2 Å². The Labute approximate surface area is 653 Å². The van der Waals surface area contributed by atoms with Crippen molar-refractivity contribution in [2.45, 2.75) is 476 Å². The summed E-state index contributed by atoms with van der Waals surface area (Å²) >= 11 is 0. The molecule has 614 valence electrons. The minimum atomic E-state index is -1.62. The molecule has 0 radical (unpaired) electrons. The van der Waals surface area contributed by atoms with Crippen LogP contribution in [0, 0.1) is 0 Å². The normalized spacial score (nSPS) is 12.9. The summed E-state index contributed by atoms with van der Waals surface area (Å²) in [6.45, 7) is 4.72. The third-order valence-electron chi connectivity index (χ3n) is 21.0. The number of carboxylic acid groups (broad SMARTS) is 1. The molecule has 0 saturated heterocycles. The minimum Gasteiger partial charge on any atom is -0.545 e. The van der Waals surface area contributed by atoms with Crippen LogP contribution in [0.4, 0.5) is 0 Å². The maximum Gasteiger partial charge on any atom is 0.306 e. The van der Waals surface area contributed by atoms with Crippen LogP contribution in [0.5, 0.6) is 0 Å². The van der Waals surface area contributed by atoms with E-state index in [-0.39, 0.29) is 32.2 Å². The van der Waals surface area contributed by atoms with Crippen LogP contribution in [0.25, 0.3) is 0 Å². The van der Waals surface area contributed by atoms with Gasteiger partial charge in [0.15, 0.2) is 12.4 Å². The maximum absolute atomic E-state index is 13.0. The second-order valence-corrected chi connectivity index (χ2v) is 32.6. The molecule has 0 spiro atoms. The summed E-state index contributed by atoms with van der Waals surface area (Å²) in [6.07, 6.45) is 115. The molecule has 0 aliphatic rings. The zero-order valence-electron chi connectivity index (χ0n) is 70.6. The quantitative estimate of drug-likeness (QED) is 0.0195. The van der Waals surface area contributed by atoms with E-state index in [9.17, 15) is 19.5 Å². The van der Waals surface area contributed by atoms with E-state index >= 15 is 0 Å². The highest BCUT2D eigenvalue weighted by atomic mass is 16.7. The molecule has 0 saturated carbocycles. The molecule has 0 rings (SSSR count). The maximum atomic E-state index is 13.0. The fraction of sp³-hybridized carbons (Fsp3) is 0.844. The predicted octanol–water partition coefficient (Wildman–Crippen LogP) is 28.9. The first-order chi connectivity index (χ1) is 51.6. The van der Waals surface area contributed by atoms with Crippen molar-refractivity contribution < 1.29 is 42.9 Å². The van der Waals surface area contributed by atoms with Crippen molar-refractivity contribution in [3.05, 3.63) is 72.9 Å². The van der Waals surface area contributed by atoms with Gasteiger partial charge < -0.3 is 33.3 Å². The number of ether oxygens (including phenoxy) is 4. The van der Waals surface area contributed by atoms with Crippen LogP contribution in [-0.2, 0) is 33.3 Å². The van der Waals surface area contributed by atoms with E-state index in [0.717, 1.165) is 77.0 Å². The number of unbranched alkanes of at least 4 members (excludes halogenated alkanes) is 60. The molecule has 9 nitrogen and oxygen atoms in total. The summed E-state index contributed by atoms with van der Waals surface area (Å²) < 4.78 is 22.9. The Morgan fingerprint density at radius 1 is 0.295 bits per heavy atom. The van der Waals surface area contributed by atoms with E-state index in [1.54, 1.807) is 0 Å². The molecule has 0 heterocycles. The molecular formula is C96H177NO8.